The molecule has 2 heterocycles. The number of nitrogens with zero attached hydrogens (tertiary/aromatic N) is 2. The fourth-order valence-electron chi connectivity index (χ4n) is 1.78. The molecule has 19 heavy (non-hydrogen) atoms. The standard InChI is InChI=1S/C14H13N3OS/c1-2-18-11-7-5-10(6-8-11)13-15-14(17-16-13)12-4-3-9-19-12/h3-9H,2H2,1H3,(H,15,16,17). The first-order valence-corrected chi connectivity index (χ1v) is 6.94. The van der Waals surface area contributed by atoms with Crippen LogP contribution in [0.1, 0.15) is 6.92 Å². The van der Waals surface area contributed by atoms with Crippen LogP contribution in [0.3, 0.4) is 0 Å². The van der Waals surface area contributed by atoms with E-state index in [-0.39, 0.29) is 0 Å². The second kappa shape index (κ2) is 5.24. The third kappa shape index (κ3) is 2.51. The molecule has 4 nitrogen and oxygen atoms in total. The second-order valence-electron chi connectivity index (χ2n) is 3.94. The van der Waals surface area contributed by atoms with Crippen molar-refractivity contribution in [3.05, 3.63) is 41.8 Å². The molecule has 5 heteroatoms. The monoisotopic (exact) mass is 271 g/mol. The number of rotatable bonds is 4. The van der Waals surface area contributed by atoms with Gasteiger partial charge in [0.05, 0.1) is 11.5 Å². The third-order valence-electron chi connectivity index (χ3n) is 2.66. The van der Waals surface area contributed by atoms with Gasteiger partial charge in [0.2, 0.25) is 0 Å². The minimum Gasteiger partial charge on any atom is -0.494 e. The molecule has 0 saturated heterocycles. The number of benzene rings is 1. The number of hydrogen-bond donors (Lipinski definition) is 1. The summed E-state index contributed by atoms with van der Waals surface area (Å²) < 4.78 is 5.41. The maximum absolute atomic E-state index is 5.41. The van der Waals surface area contributed by atoms with Gasteiger partial charge < -0.3 is 4.74 Å². The third-order valence-corrected chi connectivity index (χ3v) is 3.54. The highest BCUT2D eigenvalue weighted by Gasteiger charge is 2.08. The molecule has 0 aliphatic carbocycles. The molecule has 0 amide bonds. The van der Waals surface area contributed by atoms with Gasteiger partial charge >= 0.3 is 0 Å². The summed E-state index contributed by atoms with van der Waals surface area (Å²) in [6.07, 6.45) is 0. The Balaban J connectivity index is 1.86. The van der Waals surface area contributed by atoms with Crippen molar-refractivity contribution in [3.8, 4) is 27.8 Å². The Hall–Kier alpha value is -2.14. The van der Waals surface area contributed by atoms with Crippen molar-refractivity contribution in [3.63, 3.8) is 0 Å². The summed E-state index contributed by atoms with van der Waals surface area (Å²) in [6, 6.07) is 11.8. The van der Waals surface area contributed by atoms with Crippen molar-refractivity contribution in [2.24, 2.45) is 0 Å². The number of aromatic nitrogens is 3. The van der Waals surface area contributed by atoms with Crippen molar-refractivity contribution in [1.82, 2.24) is 15.2 Å². The van der Waals surface area contributed by atoms with E-state index in [4.69, 9.17) is 4.74 Å². The van der Waals surface area contributed by atoms with Gasteiger partial charge in [-0.05, 0) is 42.6 Å². The molecule has 0 aliphatic heterocycles. The molecule has 2 aromatic heterocycles. The number of nitrogens with one attached hydrogen (secondary N) is 1. The smallest absolute Gasteiger partial charge is 0.181 e. The van der Waals surface area contributed by atoms with Crippen LogP contribution in [0.15, 0.2) is 41.8 Å². The van der Waals surface area contributed by atoms with Gasteiger partial charge in [0.1, 0.15) is 5.75 Å². The van der Waals surface area contributed by atoms with Gasteiger partial charge in [-0.25, -0.2) is 4.98 Å². The number of aromatic amines is 1. The molecular formula is C14H13N3OS. The molecule has 0 aliphatic rings. The van der Waals surface area contributed by atoms with Crippen LogP contribution in [0.4, 0.5) is 0 Å². The van der Waals surface area contributed by atoms with Crippen LogP contribution in [-0.2, 0) is 0 Å². The van der Waals surface area contributed by atoms with Gasteiger partial charge in [-0.2, -0.15) is 5.10 Å². The van der Waals surface area contributed by atoms with E-state index in [1.807, 2.05) is 48.7 Å². The van der Waals surface area contributed by atoms with Crippen molar-refractivity contribution in [2.75, 3.05) is 6.61 Å². The highest BCUT2D eigenvalue weighted by Crippen LogP contribution is 2.24. The Morgan fingerprint density at radius 3 is 2.74 bits per heavy atom. The van der Waals surface area contributed by atoms with Gasteiger partial charge in [0.25, 0.3) is 0 Å². The van der Waals surface area contributed by atoms with Crippen LogP contribution >= 0.6 is 11.3 Å². The minimum absolute atomic E-state index is 0.669. The first-order chi connectivity index (χ1) is 9.36. The van der Waals surface area contributed by atoms with Crippen LogP contribution in [0.2, 0.25) is 0 Å². The summed E-state index contributed by atoms with van der Waals surface area (Å²) >= 11 is 1.64. The van der Waals surface area contributed by atoms with Gasteiger partial charge in [0, 0.05) is 5.56 Å². The molecule has 1 N–H and O–H groups in total. The Bertz CT molecular complexity index is 644. The predicted octanol–water partition coefficient (Wildman–Crippen LogP) is 3.60. The molecule has 0 radical (unpaired) electrons. The van der Waals surface area contributed by atoms with Crippen molar-refractivity contribution in [2.45, 2.75) is 6.92 Å². The topological polar surface area (TPSA) is 50.8 Å². The lowest BCUT2D eigenvalue weighted by Gasteiger charge is -2.02. The fourth-order valence-corrected chi connectivity index (χ4v) is 2.45. The molecule has 3 aromatic rings. The molecule has 96 valence electrons. The SMILES string of the molecule is CCOc1ccc(-c2n[nH]c(-c3cccs3)n2)cc1. The minimum atomic E-state index is 0.669. The summed E-state index contributed by atoms with van der Waals surface area (Å²) in [5, 5.41) is 9.23. The summed E-state index contributed by atoms with van der Waals surface area (Å²) in [6.45, 7) is 2.64. The molecule has 0 spiro atoms. The average molecular weight is 271 g/mol. The zero-order valence-electron chi connectivity index (χ0n) is 10.5. The van der Waals surface area contributed by atoms with E-state index in [9.17, 15) is 0 Å². The summed E-state index contributed by atoms with van der Waals surface area (Å²) in [4.78, 5) is 5.59. The molecule has 0 atom stereocenters. The molecule has 1 aromatic carbocycles. The van der Waals surface area contributed by atoms with Gasteiger partial charge in [0.15, 0.2) is 11.6 Å². The van der Waals surface area contributed by atoms with Crippen molar-refractivity contribution in [1.29, 1.82) is 0 Å². The number of hydrogen-bond acceptors (Lipinski definition) is 4. The molecule has 0 unspecified atom stereocenters. The second-order valence-corrected chi connectivity index (χ2v) is 4.89. The van der Waals surface area contributed by atoms with E-state index in [1.54, 1.807) is 11.3 Å². The first-order valence-electron chi connectivity index (χ1n) is 6.06. The van der Waals surface area contributed by atoms with Crippen molar-refractivity contribution < 1.29 is 4.74 Å². The van der Waals surface area contributed by atoms with E-state index in [0.717, 1.165) is 22.0 Å². The molecule has 0 fully saturated rings. The lowest BCUT2D eigenvalue weighted by molar-refractivity contribution is 0.340. The highest BCUT2D eigenvalue weighted by atomic mass is 32.1. The van der Waals surface area contributed by atoms with E-state index < -0.39 is 0 Å². The quantitative estimate of drug-likeness (QED) is 0.788. The Kier molecular flexibility index (Phi) is 3.29. The number of thiophene rings is 1. The van der Waals surface area contributed by atoms with Gasteiger partial charge in [-0.15, -0.1) is 11.3 Å². The molecule has 3 rings (SSSR count). The summed E-state index contributed by atoms with van der Waals surface area (Å²) in [7, 11) is 0. The average Bonchev–Trinajstić information content (AvgIpc) is 3.11. The first kappa shape index (κ1) is 11.9. The zero-order chi connectivity index (χ0) is 13.1. The van der Waals surface area contributed by atoms with Crippen molar-refractivity contribution >= 4 is 11.3 Å². The Morgan fingerprint density at radius 2 is 2.05 bits per heavy atom. The largest absolute Gasteiger partial charge is 0.494 e. The van der Waals surface area contributed by atoms with E-state index in [2.05, 4.69) is 15.2 Å². The van der Waals surface area contributed by atoms with Crippen LogP contribution in [0, 0.1) is 0 Å². The predicted molar refractivity (Wildman–Crippen MR) is 76.3 cm³/mol. The normalized spacial score (nSPS) is 10.6. The van der Waals surface area contributed by atoms with E-state index in [0.29, 0.717) is 12.4 Å². The zero-order valence-corrected chi connectivity index (χ0v) is 11.3. The maximum Gasteiger partial charge on any atom is 0.181 e. The summed E-state index contributed by atoms with van der Waals surface area (Å²) in [5.41, 5.74) is 0.975. The van der Waals surface area contributed by atoms with Crippen LogP contribution in [0.5, 0.6) is 5.75 Å². The fraction of sp³-hybridized carbons (Fsp3) is 0.143. The molecule has 0 bridgehead atoms. The lowest BCUT2D eigenvalue weighted by atomic mass is 10.2. The van der Waals surface area contributed by atoms with Crippen LogP contribution in [-0.4, -0.2) is 21.8 Å². The maximum atomic E-state index is 5.41. The Morgan fingerprint density at radius 1 is 1.21 bits per heavy atom. The summed E-state index contributed by atoms with van der Waals surface area (Å²) in [5.74, 6) is 2.37. The van der Waals surface area contributed by atoms with Gasteiger partial charge in [-0.3, -0.25) is 5.10 Å². The molecule has 0 saturated carbocycles. The van der Waals surface area contributed by atoms with E-state index in [1.165, 1.54) is 0 Å². The molecular weight excluding hydrogens is 258 g/mol. The highest BCUT2D eigenvalue weighted by molar-refractivity contribution is 7.13. The Labute approximate surface area is 115 Å². The number of ether oxygens (including phenoxy) is 1. The van der Waals surface area contributed by atoms with Gasteiger partial charge in [-0.1, -0.05) is 6.07 Å². The van der Waals surface area contributed by atoms with Crippen LogP contribution < -0.4 is 4.74 Å². The lowest BCUT2D eigenvalue weighted by Crippen LogP contribution is -1.90. The van der Waals surface area contributed by atoms with E-state index >= 15 is 0 Å². The number of H-pyrrole nitrogens is 1. The van der Waals surface area contributed by atoms with Crippen LogP contribution in [0.25, 0.3) is 22.1 Å².